The minimum atomic E-state index is -0.198. The summed E-state index contributed by atoms with van der Waals surface area (Å²) in [6.45, 7) is 4.77. The number of nitrogens with zero attached hydrogens (tertiary/aromatic N) is 1. The Labute approximate surface area is 340 Å². The maximum Gasteiger partial charge on any atom is 0.0546 e. The van der Waals surface area contributed by atoms with Crippen molar-refractivity contribution >= 4 is 49.4 Å². The third-order valence-corrected chi connectivity index (χ3v) is 12.5. The van der Waals surface area contributed by atoms with Crippen LogP contribution in [0.25, 0.3) is 76.8 Å². The predicted molar refractivity (Wildman–Crippen MR) is 248 cm³/mol. The van der Waals surface area contributed by atoms with E-state index in [1.165, 1.54) is 93.6 Å². The van der Waals surface area contributed by atoms with Crippen LogP contribution in [0.1, 0.15) is 25.0 Å². The number of hydrogen-bond acceptors (Lipinski definition) is 1. The zero-order valence-electron chi connectivity index (χ0n) is 32.7. The van der Waals surface area contributed by atoms with E-state index in [0.717, 1.165) is 11.4 Å². The number of anilines is 3. The molecule has 0 aliphatic heterocycles. The van der Waals surface area contributed by atoms with Gasteiger partial charge in [-0.15, -0.1) is 0 Å². The van der Waals surface area contributed by atoms with E-state index in [0.29, 0.717) is 0 Å². The molecule has 0 amide bonds. The molecular formula is C57H41N. The quantitative estimate of drug-likeness (QED) is 0.154. The van der Waals surface area contributed by atoms with Gasteiger partial charge in [0.25, 0.3) is 0 Å². The van der Waals surface area contributed by atoms with E-state index >= 15 is 0 Å². The van der Waals surface area contributed by atoms with Gasteiger partial charge >= 0.3 is 0 Å². The van der Waals surface area contributed by atoms with Gasteiger partial charge in [-0.25, -0.2) is 0 Å². The first-order valence-electron chi connectivity index (χ1n) is 20.3. The normalized spacial score (nSPS) is 12.8. The third kappa shape index (κ3) is 5.54. The van der Waals surface area contributed by atoms with Crippen LogP contribution in [0.3, 0.4) is 0 Å². The molecule has 10 aromatic carbocycles. The Morgan fingerprint density at radius 1 is 0.310 bits per heavy atom. The van der Waals surface area contributed by atoms with Gasteiger partial charge in [0.05, 0.1) is 5.69 Å². The molecule has 11 rings (SSSR count). The van der Waals surface area contributed by atoms with Crippen LogP contribution in [0.4, 0.5) is 17.1 Å². The van der Waals surface area contributed by atoms with Crippen molar-refractivity contribution in [3.05, 3.63) is 223 Å². The summed E-state index contributed by atoms with van der Waals surface area (Å²) in [6.07, 6.45) is 0. The zero-order chi connectivity index (χ0) is 38.8. The fraction of sp³-hybridized carbons (Fsp3) is 0.0526. The average molecular weight is 740 g/mol. The summed E-state index contributed by atoms with van der Waals surface area (Å²) in [6, 6.07) is 78.2. The van der Waals surface area contributed by atoms with Crippen molar-refractivity contribution in [3.8, 4) is 44.5 Å². The van der Waals surface area contributed by atoms with Crippen LogP contribution in [0, 0.1) is 0 Å². The summed E-state index contributed by atoms with van der Waals surface area (Å²) >= 11 is 0. The fourth-order valence-electron chi connectivity index (χ4n) is 9.44. The van der Waals surface area contributed by atoms with Gasteiger partial charge in [0.15, 0.2) is 0 Å². The van der Waals surface area contributed by atoms with Crippen LogP contribution in [0.15, 0.2) is 212 Å². The van der Waals surface area contributed by atoms with Crippen molar-refractivity contribution in [2.45, 2.75) is 19.3 Å². The summed E-state index contributed by atoms with van der Waals surface area (Å²) in [5, 5.41) is 7.50. The maximum atomic E-state index is 2.47. The van der Waals surface area contributed by atoms with Gasteiger partial charge in [0.1, 0.15) is 0 Å². The molecule has 0 radical (unpaired) electrons. The van der Waals surface area contributed by atoms with Crippen LogP contribution >= 0.6 is 0 Å². The smallest absolute Gasteiger partial charge is 0.0546 e. The van der Waals surface area contributed by atoms with E-state index in [1.54, 1.807) is 0 Å². The lowest BCUT2D eigenvalue weighted by atomic mass is 9.81. The lowest BCUT2D eigenvalue weighted by Crippen LogP contribution is -2.17. The van der Waals surface area contributed by atoms with Crippen LogP contribution < -0.4 is 4.90 Å². The van der Waals surface area contributed by atoms with E-state index < -0.39 is 0 Å². The van der Waals surface area contributed by atoms with Crippen molar-refractivity contribution in [3.63, 3.8) is 0 Å². The lowest BCUT2D eigenvalue weighted by molar-refractivity contribution is 0.660. The second kappa shape index (κ2) is 13.5. The zero-order valence-corrected chi connectivity index (χ0v) is 32.7. The van der Waals surface area contributed by atoms with E-state index in [9.17, 15) is 0 Å². The minimum Gasteiger partial charge on any atom is -0.310 e. The summed E-state index contributed by atoms with van der Waals surface area (Å²) in [7, 11) is 0. The first kappa shape index (κ1) is 34.1. The Balaban J connectivity index is 1.04. The van der Waals surface area contributed by atoms with Crippen LogP contribution in [-0.2, 0) is 5.41 Å². The van der Waals surface area contributed by atoms with Crippen molar-refractivity contribution in [2.24, 2.45) is 0 Å². The van der Waals surface area contributed by atoms with Crippen molar-refractivity contribution < 1.29 is 0 Å². The standard InChI is InChI=1S/C57H41N/c1-57(2)54-35-43(40-25-23-39(24-26-40)38-13-4-3-5-14-38)29-33-51(54)52-34-32-46(37-55(52)57)58(56-36-44-16-7-9-19-49(44)50-20-10-11-21-53(50)56)45-30-27-42(28-31-45)48-22-12-17-41-15-6-8-18-47(41)48/h3-37H,1-2H3. The molecule has 0 aromatic heterocycles. The van der Waals surface area contributed by atoms with Gasteiger partial charge in [0.2, 0.25) is 0 Å². The maximum absolute atomic E-state index is 2.47. The molecule has 0 saturated heterocycles. The molecule has 1 heteroatoms. The Bertz CT molecular complexity index is 3170. The SMILES string of the molecule is CC1(C)c2cc(-c3ccc(-c4ccccc4)cc3)ccc2-c2ccc(N(c3ccc(-c4cccc5ccccc45)cc3)c3cc4ccccc4c4ccccc34)cc21. The Morgan fingerprint density at radius 3 is 1.59 bits per heavy atom. The highest BCUT2D eigenvalue weighted by Gasteiger charge is 2.36. The number of benzene rings is 10. The Hall–Kier alpha value is -7.22. The first-order valence-corrected chi connectivity index (χ1v) is 20.3. The highest BCUT2D eigenvalue weighted by atomic mass is 15.1. The van der Waals surface area contributed by atoms with E-state index in [1.807, 2.05) is 0 Å². The Kier molecular flexibility index (Phi) is 7.91. The van der Waals surface area contributed by atoms with E-state index in [4.69, 9.17) is 0 Å². The van der Waals surface area contributed by atoms with Gasteiger partial charge in [-0.3, -0.25) is 0 Å². The molecule has 0 bridgehead atoms. The molecule has 0 unspecified atom stereocenters. The third-order valence-electron chi connectivity index (χ3n) is 12.5. The second-order valence-corrected chi connectivity index (χ2v) is 16.1. The Morgan fingerprint density at radius 2 is 0.828 bits per heavy atom. The largest absolute Gasteiger partial charge is 0.310 e. The van der Waals surface area contributed by atoms with Crippen LogP contribution in [-0.4, -0.2) is 0 Å². The highest BCUT2D eigenvalue weighted by Crippen LogP contribution is 2.52. The second-order valence-electron chi connectivity index (χ2n) is 16.1. The predicted octanol–water partition coefficient (Wildman–Crippen LogP) is 15.9. The molecule has 10 aromatic rings. The van der Waals surface area contributed by atoms with Gasteiger partial charge < -0.3 is 4.90 Å². The first-order chi connectivity index (χ1) is 28.5. The summed E-state index contributed by atoms with van der Waals surface area (Å²) in [4.78, 5) is 2.47. The summed E-state index contributed by atoms with van der Waals surface area (Å²) in [5.74, 6) is 0. The molecule has 1 aliphatic carbocycles. The van der Waals surface area contributed by atoms with E-state index in [2.05, 4.69) is 231 Å². The molecule has 274 valence electrons. The highest BCUT2D eigenvalue weighted by molar-refractivity contribution is 6.14. The minimum absolute atomic E-state index is 0.198. The molecule has 58 heavy (non-hydrogen) atoms. The average Bonchev–Trinajstić information content (AvgIpc) is 3.51. The van der Waals surface area contributed by atoms with Gasteiger partial charge in [-0.05, 0) is 119 Å². The number of hydrogen-bond donors (Lipinski definition) is 0. The van der Waals surface area contributed by atoms with Crippen LogP contribution in [0.5, 0.6) is 0 Å². The molecule has 1 nitrogen and oxygen atoms in total. The molecular weight excluding hydrogens is 699 g/mol. The van der Waals surface area contributed by atoms with Gasteiger partial charge in [-0.2, -0.15) is 0 Å². The topological polar surface area (TPSA) is 3.24 Å². The summed E-state index contributed by atoms with van der Waals surface area (Å²) < 4.78 is 0. The van der Waals surface area contributed by atoms with Gasteiger partial charge in [-0.1, -0.05) is 190 Å². The van der Waals surface area contributed by atoms with Crippen molar-refractivity contribution in [2.75, 3.05) is 4.90 Å². The lowest BCUT2D eigenvalue weighted by Gasteiger charge is -2.29. The molecule has 0 saturated carbocycles. The monoisotopic (exact) mass is 739 g/mol. The molecule has 0 N–H and O–H groups in total. The number of fused-ring (bicyclic) bond motifs is 7. The molecule has 0 fully saturated rings. The van der Waals surface area contributed by atoms with Gasteiger partial charge in [0, 0.05) is 22.2 Å². The molecule has 0 spiro atoms. The van der Waals surface area contributed by atoms with Crippen molar-refractivity contribution in [1.29, 1.82) is 0 Å². The molecule has 1 aliphatic rings. The summed E-state index contributed by atoms with van der Waals surface area (Å²) in [5.41, 5.74) is 16.0. The van der Waals surface area contributed by atoms with Crippen molar-refractivity contribution in [1.82, 2.24) is 0 Å². The molecule has 0 heterocycles. The molecule has 0 atom stereocenters. The number of rotatable bonds is 6. The fourth-order valence-corrected chi connectivity index (χ4v) is 9.44. The van der Waals surface area contributed by atoms with Crippen LogP contribution in [0.2, 0.25) is 0 Å². The van der Waals surface area contributed by atoms with E-state index in [-0.39, 0.29) is 5.41 Å².